The quantitative estimate of drug-likeness (QED) is 0.0963. The highest BCUT2D eigenvalue weighted by atomic mass is 32.2. The Kier molecular flexibility index (Phi) is 13.0. The van der Waals surface area contributed by atoms with Crippen molar-refractivity contribution >= 4 is 59.2 Å². The lowest BCUT2D eigenvalue weighted by molar-refractivity contribution is 0.583. The Morgan fingerprint density at radius 3 is 1.29 bits per heavy atom. The number of thioether (sulfide) groups is 1. The second-order valence-electron chi connectivity index (χ2n) is 8.48. The van der Waals surface area contributed by atoms with Gasteiger partial charge < -0.3 is 14.4 Å². The van der Waals surface area contributed by atoms with Gasteiger partial charge in [-0.2, -0.15) is 0 Å². The number of hydrogen-bond donors (Lipinski definition) is 2. The van der Waals surface area contributed by atoms with Gasteiger partial charge in [0.25, 0.3) is 0 Å². The highest BCUT2D eigenvalue weighted by Crippen LogP contribution is 2.43. The molecule has 0 bridgehead atoms. The molecular formula is C30H36N2O2P2S2. The van der Waals surface area contributed by atoms with Gasteiger partial charge >= 0.3 is 0 Å². The molecule has 4 rings (SSSR count). The van der Waals surface area contributed by atoms with Gasteiger partial charge in [0.1, 0.15) is 7.14 Å². The largest absolute Gasteiger partial charge is 0.314 e. The van der Waals surface area contributed by atoms with Gasteiger partial charge in [-0.15, -0.1) is 11.8 Å². The molecule has 0 atom stereocenters. The summed E-state index contributed by atoms with van der Waals surface area (Å²) < 4.78 is 30.0. The van der Waals surface area contributed by atoms with Gasteiger partial charge in [-0.25, -0.2) is 0 Å². The average molecular weight is 583 g/mol. The van der Waals surface area contributed by atoms with Crippen LogP contribution in [0.5, 0.6) is 0 Å². The van der Waals surface area contributed by atoms with E-state index in [4.69, 9.17) is 0 Å². The van der Waals surface area contributed by atoms with Crippen molar-refractivity contribution in [3.05, 3.63) is 121 Å². The molecule has 2 N–H and O–H groups in total. The van der Waals surface area contributed by atoms with E-state index in [1.807, 2.05) is 134 Å². The lowest BCUT2D eigenvalue weighted by Gasteiger charge is -2.19. The van der Waals surface area contributed by atoms with Gasteiger partial charge in [0, 0.05) is 39.8 Å². The van der Waals surface area contributed by atoms with Crippen molar-refractivity contribution in [3.8, 4) is 0 Å². The summed E-state index contributed by atoms with van der Waals surface area (Å²) in [6, 6.07) is 39.1. The van der Waals surface area contributed by atoms with Crippen LogP contribution in [0.3, 0.4) is 0 Å². The van der Waals surface area contributed by atoms with Gasteiger partial charge in [0.05, 0.1) is 6.29 Å². The van der Waals surface area contributed by atoms with E-state index in [0.717, 1.165) is 33.6 Å². The normalized spacial score (nSPS) is 11.4. The highest BCUT2D eigenvalue weighted by molar-refractivity contribution is 7.98. The molecule has 0 heterocycles. The van der Waals surface area contributed by atoms with Crippen molar-refractivity contribution in [2.24, 2.45) is 0 Å². The third-order valence-corrected chi connectivity index (χ3v) is 13.0. The van der Waals surface area contributed by atoms with Crippen LogP contribution in [0.1, 0.15) is 0 Å². The number of benzene rings is 4. The first-order valence-corrected chi connectivity index (χ1v) is 18.8. The Hall–Kier alpha value is -2.04. The minimum atomic E-state index is -2.58. The second kappa shape index (κ2) is 16.2. The van der Waals surface area contributed by atoms with Crippen molar-refractivity contribution in [2.45, 2.75) is 0 Å². The molecule has 4 aromatic rings. The first-order chi connectivity index (χ1) is 18.5. The zero-order chi connectivity index (χ0) is 27.1. The Bertz CT molecular complexity index is 1110. The van der Waals surface area contributed by atoms with Gasteiger partial charge in [0.15, 0.2) is 7.14 Å². The molecule has 0 aliphatic rings. The molecule has 0 radical (unpaired) electrons. The maximum atomic E-state index is 13.4. The second-order valence-corrected chi connectivity index (χ2v) is 15.8. The molecule has 0 amide bonds. The summed E-state index contributed by atoms with van der Waals surface area (Å²) >= 11 is 3.26. The van der Waals surface area contributed by atoms with E-state index < -0.39 is 14.3 Å². The van der Waals surface area contributed by atoms with Gasteiger partial charge in [-0.1, -0.05) is 133 Å². The molecule has 0 aliphatic carbocycles. The molecule has 0 saturated carbocycles. The average Bonchev–Trinajstić information content (AvgIpc) is 2.99. The summed E-state index contributed by atoms with van der Waals surface area (Å²) in [5.41, 5.74) is 0. The van der Waals surface area contributed by atoms with Crippen LogP contribution in [0.2, 0.25) is 0 Å². The standard InChI is InChI=1S/2C15H18NOPS/c1-19-13-16-12-18(17,14-8-4-2-5-9-14)15-10-6-3-7-11-15;1-19-16-12-13-18(17,14-8-4-2-5-9-14)15-10-6-3-7-11-15/h2*2-11,16H,12-13H2,1H3. The third kappa shape index (κ3) is 8.48. The molecule has 0 aromatic heterocycles. The molecule has 0 saturated heterocycles. The summed E-state index contributed by atoms with van der Waals surface area (Å²) in [4.78, 5) is 0. The van der Waals surface area contributed by atoms with E-state index in [2.05, 4.69) is 10.0 Å². The monoisotopic (exact) mass is 582 g/mol. The van der Waals surface area contributed by atoms with E-state index in [1.54, 1.807) is 23.7 Å². The van der Waals surface area contributed by atoms with Crippen molar-refractivity contribution in [3.63, 3.8) is 0 Å². The number of hydrogen-bond acceptors (Lipinski definition) is 6. The molecule has 38 heavy (non-hydrogen) atoms. The Labute approximate surface area is 236 Å². The van der Waals surface area contributed by atoms with Crippen LogP contribution in [0.25, 0.3) is 0 Å². The predicted octanol–water partition coefficient (Wildman–Crippen LogP) is 5.74. The van der Waals surface area contributed by atoms with Crippen LogP contribution in [-0.4, -0.2) is 37.4 Å². The summed E-state index contributed by atoms with van der Waals surface area (Å²) in [6.45, 7) is 0.738. The van der Waals surface area contributed by atoms with Gasteiger partial charge in [-0.3, -0.25) is 4.72 Å². The van der Waals surface area contributed by atoms with Crippen LogP contribution in [0.15, 0.2) is 121 Å². The SMILES string of the molecule is CSCNCP(=O)(c1ccccc1)c1ccccc1.CSNCCP(=O)(c1ccccc1)c1ccccc1. The summed E-state index contributed by atoms with van der Waals surface area (Å²) in [5.74, 6) is 0.809. The van der Waals surface area contributed by atoms with Crippen LogP contribution in [-0.2, 0) is 9.13 Å². The van der Waals surface area contributed by atoms with Crippen molar-refractivity contribution in [2.75, 3.05) is 37.4 Å². The van der Waals surface area contributed by atoms with Crippen molar-refractivity contribution < 1.29 is 9.13 Å². The molecule has 0 unspecified atom stereocenters. The Balaban J connectivity index is 0.000000211. The maximum absolute atomic E-state index is 13.4. The van der Waals surface area contributed by atoms with E-state index in [-0.39, 0.29) is 0 Å². The molecule has 0 aliphatic heterocycles. The van der Waals surface area contributed by atoms with E-state index in [9.17, 15) is 9.13 Å². The van der Waals surface area contributed by atoms with Gasteiger partial charge in [0.2, 0.25) is 0 Å². The lowest BCUT2D eigenvalue weighted by Crippen LogP contribution is -2.26. The zero-order valence-electron chi connectivity index (χ0n) is 21.9. The number of rotatable bonds is 12. The zero-order valence-corrected chi connectivity index (χ0v) is 25.3. The molecule has 4 aromatic carbocycles. The lowest BCUT2D eigenvalue weighted by atomic mass is 10.4. The minimum Gasteiger partial charge on any atom is -0.314 e. The Morgan fingerprint density at radius 1 is 0.579 bits per heavy atom. The van der Waals surface area contributed by atoms with E-state index in [1.165, 1.54) is 0 Å². The highest BCUT2D eigenvalue weighted by Gasteiger charge is 2.27. The smallest absolute Gasteiger partial charge is 0.156 e. The minimum absolute atomic E-state index is 0.502. The molecule has 200 valence electrons. The first kappa shape index (κ1) is 30.5. The molecule has 0 spiro atoms. The summed E-state index contributed by atoms with van der Waals surface area (Å²) in [7, 11) is -5.11. The predicted molar refractivity (Wildman–Crippen MR) is 172 cm³/mol. The fourth-order valence-corrected chi connectivity index (χ4v) is 9.89. The number of nitrogens with one attached hydrogen (secondary N) is 2. The van der Waals surface area contributed by atoms with E-state index >= 15 is 0 Å². The third-order valence-electron chi connectivity index (χ3n) is 5.95. The first-order valence-electron chi connectivity index (χ1n) is 12.4. The van der Waals surface area contributed by atoms with E-state index in [0.29, 0.717) is 12.4 Å². The van der Waals surface area contributed by atoms with Crippen LogP contribution >= 0.6 is 38.0 Å². The van der Waals surface area contributed by atoms with Crippen molar-refractivity contribution in [1.29, 1.82) is 0 Å². The molecule has 0 fully saturated rings. The van der Waals surface area contributed by atoms with Crippen LogP contribution < -0.4 is 31.3 Å². The Morgan fingerprint density at radius 2 is 0.947 bits per heavy atom. The van der Waals surface area contributed by atoms with Crippen LogP contribution in [0, 0.1) is 0 Å². The van der Waals surface area contributed by atoms with Crippen LogP contribution in [0.4, 0.5) is 0 Å². The molecule has 4 nitrogen and oxygen atoms in total. The fourth-order valence-electron chi connectivity index (χ4n) is 4.02. The van der Waals surface area contributed by atoms with Gasteiger partial charge in [-0.05, 0) is 12.5 Å². The fraction of sp³-hybridized carbons (Fsp3) is 0.200. The topological polar surface area (TPSA) is 58.2 Å². The van der Waals surface area contributed by atoms with Crippen molar-refractivity contribution in [1.82, 2.24) is 10.0 Å². The summed E-state index contributed by atoms with van der Waals surface area (Å²) in [5, 5.41) is 6.96. The molecular weight excluding hydrogens is 546 g/mol. The maximum Gasteiger partial charge on any atom is 0.156 e. The molecule has 8 heteroatoms. The summed E-state index contributed by atoms with van der Waals surface area (Å²) in [6.07, 6.45) is 5.16.